The fourth-order valence-corrected chi connectivity index (χ4v) is 1.79. The van der Waals surface area contributed by atoms with Crippen LogP contribution in [0.15, 0.2) is 24.3 Å². The Kier molecular flexibility index (Phi) is 3.79. The number of rotatable bonds is 6. The van der Waals surface area contributed by atoms with Crippen molar-refractivity contribution >= 4 is 5.78 Å². The molecule has 0 saturated heterocycles. The third kappa shape index (κ3) is 3.56. The second kappa shape index (κ2) is 5.32. The van der Waals surface area contributed by atoms with Crippen molar-refractivity contribution in [2.75, 3.05) is 20.2 Å². The Morgan fingerprint density at radius 1 is 1.35 bits per heavy atom. The first-order valence-corrected chi connectivity index (χ1v) is 6.11. The molecule has 1 saturated carbocycles. The number of ether oxygens (including phenoxy) is 1. The quantitative estimate of drug-likeness (QED) is 0.706. The highest BCUT2D eigenvalue weighted by Gasteiger charge is 2.25. The van der Waals surface area contributed by atoms with Gasteiger partial charge >= 0.3 is 0 Å². The summed E-state index contributed by atoms with van der Waals surface area (Å²) >= 11 is 0. The van der Waals surface area contributed by atoms with E-state index in [9.17, 15) is 4.79 Å². The molecule has 1 aromatic rings. The van der Waals surface area contributed by atoms with Gasteiger partial charge < -0.3 is 9.64 Å². The van der Waals surface area contributed by atoms with Gasteiger partial charge in [-0.25, -0.2) is 0 Å². The molecule has 1 fully saturated rings. The molecule has 0 bridgehead atoms. The monoisotopic (exact) mass is 233 g/mol. The molecule has 0 aromatic heterocycles. The van der Waals surface area contributed by atoms with Crippen LogP contribution in [0.25, 0.3) is 0 Å². The summed E-state index contributed by atoms with van der Waals surface area (Å²) in [6, 6.07) is 8.10. The lowest BCUT2D eigenvalue weighted by Gasteiger charge is -2.15. The number of nitrogens with zero attached hydrogens (tertiary/aromatic N) is 1. The average Bonchev–Trinajstić information content (AvgIpc) is 3.13. The molecule has 2 rings (SSSR count). The summed E-state index contributed by atoms with van der Waals surface area (Å²) in [6.45, 7) is 3.23. The minimum Gasteiger partial charge on any atom is -0.492 e. The van der Waals surface area contributed by atoms with Crippen molar-refractivity contribution in [2.24, 2.45) is 0 Å². The predicted octanol–water partition coefficient (Wildman–Crippen LogP) is 2.36. The second-order valence-electron chi connectivity index (χ2n) is 4.64. The van der Waals surface area contributed by atoms with E-state index in [1.165, 1.54) is 12.8 Å². The summed E-state index contributed by atoms with van der Waals surface area (Å²) in [6.07, 6.45) is 2.65. The van der Waals surface area contributed by atoms with Crippen molar-refractivity contribution in [3.63, 3.8) is 0 Å². The van der Waals surface area contributed by atoms with Crippen LogP contribution < -0.4 is 4.74 Å². The Morgan fingerprint density at radius 3 is 2.53 bits per heavy atom. The number of hydrogen-bond donors (Lipinski definition) is 0. The Hall–Kier alpha value is -1.35. The third-order valence-corrected chi connectivity index (χ3v) is 3.14. The number of carbonyl (C=O) groups excluding carboxylic acids is 1. The molecule has 1 aromatic carbocycles. The summed E-state index contributed by atoms with van der Waals surface area (Å²) in [5, 5.41) is 0. The van der Waals surface area contributed by atoms with E-state index in [0.717, 1.165) is 23.9 Å². The van der Waals surface area contributed by atoms with Gasteiger partial charge in [0.25, 0.3) is 0 Å². The molecule has 3 nitrogen and oxygen atoms in total. The lowest BCUT2D eigenvalue weighted by Crippen LogP contribution is -2.26. The van der Waals surface area contributed by atoms with Crippen LogP contribution in [-0.4, -0.2) is 36.9 Å². The van der Waals surface area contributed by atoms with Gasteiger partial charge in [-0.15, -0.1) is 0 Å². The van der Waals surface area contributed by atoms with Crippen molar-refractivity contribution in [2.45, 2.75) is 25.8 Å². The molecule has 0 radical (unpaired) electrons. The average molecular weight is 233 g/mol. The molecule has 92 valence electrons. The van der Waals surface area contributed by atoms with Crippen LogP contribution in [0.4, 0.5) is 0 Å². The predicted molar refractivity (Wildman–Crippen MR) is 67.6 cm³/mol. The van der Waals surface area contributed by atoms with Gasteiger partial charge in [-0.1, -0.05) is 0 Å². The van der Waals surface area contributed by atoms with Gasteiger partial charge in [0, 0.05) is 18.2 Å². The SMILES string of the molecule is CC(=O)c1ccc(OCCN(C)C2CC2)cc1. The highest BCUT2D eigenvalue weighted by atomic mass is 16.5. The first-order chi connectivity index (χ1) is 8.16. The topological polar surface area (TPSA) is 29.5 Å². The molecular formula is C14H19NO2. The molecule has 0 atom stereocenters. The van der Waals surface area contributed by atoms with Crippen LogP contribution in [0.1, 0.15) is 30.1 Å². The molecule has 1 aliphatic carbocycles. The first-order valence-electron chi connectivity index (χ1n) is 6.11. The zero-order valence-electron chi connectivity index (χ0n) is 10.5. The second-order valence-corrected chi connectivity index (χ2v) is 4.64. The number of ketones is 1. The Morgan fingerprint density at radius 2 is 2.00 bits per heavy atom. The van der Waals surface area contributed by atoms with Crippen LogP contribution in [0, 0.1) is 0 Å². The van der Waals surface area contributed by atoms with Crippen LogP contribution in [0.2, 0.25) is 0 Å². The lowest BCUT2D eigenvalue weighted by molar-refractivity contribution is 0.101. The molecule has 0 aliphatic heterocycles. The molecule has 0 amide bonds. The van der Waals surface area contributed by atoms with Crippen molar-refractivity contribution in [3.05, 3.63) is 29.8 Å². The minimum absolute atomic E-state index is 0.0880. The third-order valence-electron chi connectivity index (χ3n) is 3.14. The number of carbonyl (C=O) groups is 1. The maximum Gasteiger partial charge on any atom is 0.159 e. The zero-order chi connectivity index (χ0) is 12.3. The normalized spacial score (nSPS) is 15.0. The van der Waals surface area contributed by atoms with Gasteiger partial charge in [-0.3, -0.25) is 4.79 Å². The van der Waals surface area contributed by atoms with E-state index in [2.05, 4.69) is 11.9 Å². The lowest BCUT2D eigenvalue weighted by atomic mass is 10.1. The van der Waals surface area contributed by atoms with E-state index >= 15 is 0 Å². The van der Waals surface area contributed by atoms with E-state index in [4.69, 9.17) is 4.74 Å². The molecule has 0 spiro atoms. The summed E-state index contributed by atoms with van der Waals surface area (Å²) in [4.78, 5) is 13.4. The summed E-state index contributed by atoms with van der Waals surface area (Å²) in [5.74, 6) is 0.921. The number of benzene rings is 1. The van der Waals surface area contributed by atoms with E-state index in [1.54, 1.807) is 6.92 Å². The molecule has 0 heterocycles. The zero-order valence-corrected chi connectivity index (χ0v) is 10.5. The molecule has 0 unspecified atom stereocenters. The maximum atomic E-state index is 11.1. The van der Waals surface area contributed by atoms with Gasteiger partial charge in [-0.2, -0.15) is 0 Å². The highest BCUT2D eigenvalue weighted by Crippen LogP contribution is 2.24. The van der Waals surface area contributed by atoms with E-state index < -0.39 is 0 Å². The van der Waals surface area contributed by atoms with E-state index in [-0.39, 0.29) is 5.78 Å². The fourth-order valence-electron chi connectivity index (χ4n) is 1.79. The van der Waals surface area contributed by atoms with Crippen LogP contribution in [0.3, 0.4) is 0 Å². The first kappa shape index (κ1) is 12.1. The summed E-state index contributed by atoms with van der Waals surface area (Å²) < 4.78 is 5.64. The van der Waals surface area contributed by atoms with E-state index in [1.807, 2.05) is 24.3 Å². The van der Waals surface area contributed by atoms with Gasteiger partial charge in [0.2, 0.25) is 0 Å². The molecule has 1 aliphatic rings. The summed E-state index contributed by atoms with van der Waals surface area (Å²) in [5.41, 5.74) is 0.729. The van der Waals surface area contributed by atoms with Crippen LogP contribution >= 0.6 is 0 Å². The molecule has 0 N–H and O–H groups in total. The fraction of sp³-hybridized carbons (Fsp3) is 0.500. The van der Waals surface area contributed by atoms with Gasteiger partial charge in [0.1, 0.15) is 12.4 Å². The Bertz CT molecular complexity index is 382. The summed E-state index contributed by atoms with van der Waals surface area (Å²) in [7, 11) is 2.14. The smallest absolute Gasteiger partial charge is 0.159 e. The van der Waals surface area contributed by atoms with Crippen molar-refractivity contribution < 1.29 is 9.53 Å². The Labute approximate surface area is 102 Å². The van der Waals surface area contributed by atoms with E-state index in [0.29, 0.717) is 6.61 Å². The molecular weight excluding hydrogens is 214 g/mol. The highest BCUT2D eigenvalue weighted by molar-refractivity contribution is 5.94. The molecule has 17 heavy (non-hydrogen) atoms. The standard InChI is InChI=1S/C14H19NO2/c1-11(16)12-3-7-14(8-4-12)17-10-9-15(2)13-5-6-13/h3-4,7-8,13H,5-6,9-10H2,1-2H3. The van der Waals surface area contributed by atoms with Crippen LogP contribution in [0.5, 0.6) is 5.75 Å². The maximum absolute atomic E-state index is 11.1. The Balaban J connectivity index is 1.76. The number of likely N-dealkylation sites (N-methyl/N-ethyl adjacent to an activating group) is 1. The van der Waals surface area contributed by atoms with Crippen LogP contribution in [-0.2, 0) is 0 Å². The van der Waals surface area contributed by atoms with Crippen molar-refractivity contribution in [1.82, 2.24) is 4.90 Å². The van der Waals surface area contributed by atoms with Crippen molar-refractivity contribution in [1.29, 1.82) is 0 Å². The van der Waals surface area contributed by atoms with Crippen molar-refractivity contribution in [3.8, 4) is 5.75 Å². The number of Topliss-reactive ketones (excluding diaryl/α,β-unsaturated/α-hetero) is 1. The van der Waals surface area contributed by atoms with Gasteiger partial charge in [0.05, 0.1) is 0 Å². The molecule has 3 heteroatoms. The van der Waals surface area contributed by atoms with Gasteiger partial charge in [-0.05, 0) is 51.1 Å². The minimum atomic E-state index is 0.0880. The largest absolute Gasteiger partial charge is 0.492 e. The number of hydrogen-bond acceptors (Lipinski definition) is 3. The van der Waals surface area contributed by atoms with Gasteiger partial charge in [0.15, 0.2) is 5.78 Å².